The number of aliphatic imine (C=N–C) groups is 1. The molecule has 0 bridgehead atoms. The molecule has 0 saturated heterocycles. The van der Waals surface area contributed by atoms with Crippen LogP contribution in [0.3, 0.4) is 0 Å². The van der Waals surface area contributed by atoms with Crippen molar-refractivity contribution >= 4 is 39.8 Å². The largest absolute Gasteiger partial charge is 0.382 e. The van der Waals surface area contributed by atoms with Crippen LogP contribution in [0.2, 0.25) is 0 Å². The lowest BCUT2D eigenvalue weighted by Gasteiger charge is -2.17. The Bertz CT molecular complexity index is 377. The minimum Gasteiger partial charge on any atom is -0.382 e. The van der Waals surface area contributed by atoms with Gasteiger partial charge in [0.1, 0.15) is 9.84 Å². The topological polar surface area (TPSA) is 89.0 Å². The fourth-order valence-corrected chi connectivity index (χ4v) is 2.16. The lowest BCUT2D eigenvalue weighted by molar-refractivity contribution is 0.0733. The van der Waals surface area contributed by atoms with Crippen LogP contribution in [-0.4, -0.2) is 73.0 Å². The van der Waals surface area contributed by atoms with Crippen molar-refractivity contribution in [2.45, 2.75) is 19.4 Å². The molecule has 0 radical (unpaired) electrons. The van der Waals surface area contributed by atoms with E-state index in [1.54, 1.807) is 14.2 Å². The van der Waals surface area contributed by atoms with Crippen LogP contribution in [0, 0.1) is 0 Å². The van der Waals surface area contributed by atoms with Crippen LogP contribution in [0.5, 0.6) is 0 Å². The van der Waals surface area contributed by atoms with Gasteiger partial charge in [-0.05, 0) is 13.3 Å². The number of halogens is 1. The Balaban J connectivity index is 0. The van der Waals surface area contributed by atoms with E-state index in [1.807, 2.05) is 6.92 Å². The van der Waals surface area contributed by atoms with Gasteiger partial charge in [0.05, 0.1) is 25.6 Å². The second kappa shape index (κ2) is 13.5. The first kappa shape index (κ1) is 23.1. The Morgan fingerprint density at radius 2 is 1.95 bits per heavy atom. The molecule has 0 rings (SSSR count). The van der Waals surface area contributed by atoms with Crippen molar-refractivity contribution in [3.8, 4) is 0 Å². The normalized spacial score (nSPS) is 13.4. The lowest BCUT2D eigenvalue weighted by atomic mass is 10.3. The van der Waals surface area contributed by atoms with Crippen molar-refractivity contribution in [1.82, 2.24) is 10.6 Å². The lowest BCUT2D eigenvalue weighted by Crippen LogP contribution is -2.43. The molecule has 0 amide bonds. The van der Waals surface area contributed by atoms with E-state index in [9.17, 15) is 8.42 Å². The minimum absolute atomic E-state index is 0. The molecule has 0 aromatic rings. The van der Waals surface area contributed by atoms with Gasteiger partial charge < -0.3 is 20.1 Å². The number of ether oxygens (including phenoxy) is 2. The van der Waals surface area contributed by atoms with Crippen LogP contribution in [0.15, 0.2) is 4.99 Å². The number of nitrogens with one attached hydrogen (secondary N) is 2. The van der Waals surface area contributed by atoms with E-state index in [-0.39, 0.29) is 35.8 Å². The molecule has 0 spiro atoms. The summed E-state index contributed by atoms with van der Waals surface area (Å²) in [5.74, 6) is 0.805. The van der Waals surface area contributed by atoms with E-state index in [4.69, 9.17) is 9.47 Å². The average molecular weight is 437 g/mol. The number of sulfone groups is 1. The van der Waals surface area contributed by atoms with Gasteiger partial charge in [-0.3, -0.25) is 4.99 Å². The number of nitrogens with zero attached hydrogens (tertiary/aromatic N) is 1. The van der Waals surface area contributed by atoms with E-state index in [0.717, 1.165) is 0 Å². The van der Waals surface area contributed by atoms with E-state index in [1.165, 1.54) is 6.26 Å². The number of methoxy groups -OCH3 is 1. The Morgan fingerprint density at radius 1 is 1.29 bits per heavy atom. The summed E-state index contributed by atoms with van der Waals surface area (Å²) in [6.07, 6.45) is 1.79. The van der Waals surface area contributed by atoms with Gasteiger partial charge in [-0.15, -0.1) is 24.0 Å². The van der Waals surface area contributed by atoms with Gasteiger partial charge >= 0.3 is 0 Å². The summed E-state index contributed by atoms with van der Waals surface area (Å²) in [4.78, 5) is 4.07. The van der Waals surface area contributed by atoms with Crippen LogP contribution < -0.4 is 10.6 Å². The van der Waals surface area contributed by atoms with Gasteiger partial charge in [0, 0.05) is 33.0 Å². The molecule has 128 valence electrons. The molecule has 2 N–H and O–H groups in total. The van der Waals surface area contributed by atoms with Crippen molar-refractivity contribution in [3.05, 3.63) is 0 Å². The maximum absolute atomic E-state index is 11.1. The highest BCUT2D eigenvalue weighted by Crippen LogP contribution is 1.95. The van der Waals surface area contributed by atoms with Crippen molar-refractivity contribution in [1.29, 1.82) is 0 Å². The van der Waals surface area contributed by atoms with Crippen molar-refractivity contribution < 1.29 is 17.9 Å². The highest BCUT2D eigenvalue weighted by atomic mass is 127. The van der Waals surface area contributed by atoms with Gasteiger partial charge in [-0.25, -0.2) is 8.42 Å². The minimum atomic E-state index is -2.92. The molecule has 0 fully saturated rings. The summed E-state index contributed by atoms with van der Waals surface area (Å²) in [5, 5.41) is 6.23. The van der Waals surface area contributed by atoms with E-state index in [2.05, 4.69) is 15.6 Å². The highest BCUT2D eigenvalue weighted by molar-refractivity contribution is 14.0. The molecule has 0 aromatic heterocycles. The molecular formula is C12H28IN3O4S. The second-order valence-electron chi connectivity index (χ2n) is 4.57. The maximum atomic E-state index is 11.1. The van der Waals surface area contributed by atoms with Gasteiger partial charge in [0.15, 0.2) is 5.96 Å². The molecule has 9 heteroatoms. The number of hydrogen-bond acceptors (Lipinski definition) is 5. The second-order valence-corrected chi connectivity index (χ2v) is 6.83. The predicted octanol–water partition coefficient (Wildman–Crippen LogP) is 0.256. The third kappa shape index (κ3) is 16.1. The zero-order valence-corrected chi connectivity index (χ0v) is 16.4. The number of hydrogen-bond donors (Lipinski definition) is 2. The molecule has 1 atom stereocenters. The molecule has 0 heterocycles. The maximum Gasteiger partial charge on any atom is 0.191 e. The molecule has 0 aliphatic heterocycles. The van der Waals surface area contributed by atoms with Gasteiger partial charge in [-0.1, -0.05) is 0 Å². The van der Waals surface area contributed by atoms with E-state index in [0.29, 0.717) is 38.7 Å². The Labute approximate surface area is 145 Å². The summed E-state index contributed by atoms with van der Waals surface area (Å²) in [5.41, 5.74) is 0. The highest BCUT2D eigenvalue weighted by Gasteiger charge is 2.09. The number of rotatable bonds is 10. The van der Waals surface area contributed by atoms with Gasteiger partial charge in [0.2, 0.25) is 0 Å². The summed E-state index contributed by atoms with van der Waals surface area (Å²) < 4.78 is 32.4. The fraction of sp³-hybridized carbons (Fsp3) is 0.917. The number of guanidine groups is 1. The van der Waals surface area contributed by atoms with E-state index >= 15 is 0 Å². The van der Waals surface area contributed by atoms with Crippen LogP contribution in [0.1, 0.15) is 13.3 Å². The molecule has 0 aliphatic carbocycles. The van der Waals surface area contributed by atoms with Crippen LogP contribution in [0.4, 0.5) is 0 Å². The van der Waals surface area contributed by atoms with Crippen molar-refractivity contribution in [2.75, 3.05) is 52.5 Å². The Kier molecular flexibility index (Phi) is 14.9. The zero-order chi connectivity index (χ0) is 15.4. The molecule has 21 heavy (non-hydrogen) atoms. The van der Waals surface area contributed by atoms with Crippen LogP contribution in [0.25, 0.3) is 0 Å². The fourth-order valence-electron chi connectivity index (χ4n) is 1.38. The molecule has 7 nitrogen and oxygen atoms in total. The van der Waals surface area contributed by atoms with E-state index < -0.39 is 9.84 Å². The molecule has 0 saturated carbocycles. The third-order valence-corrected chi connectivity index (χ3v) is 3.48. The first-order valence-corrected chi connectivity index (χ1v) is 8.66. The molecule has 1 unspecified atom stereocenters. The van der Waals surface area contributed by atoms with Crippen molar-refractivity contribution in [2.24, 2.45) is 4.99 Å². The Morgan fingerprint density at radius 3 is 2.48 bits per heavy atom. The molecule has 0 aromatic carbocycles. The summed E-state index contributed by atoms with van der Waals surface area (Å²) in [6, 6.07) is 0.0327. The van der Waals surface area contributed by atoms with Gasteiger partial charge in [0.25, 0.3) is 0 Å². The first-order valence-electron chi connectivity index (χ1n) is 6.60. The molecule has 0 aliphatic rings. The monoisotopic (exact) mass is 437 g/mol. The average Bonchev–Trinajstić information content (AvgIpc) is 2.38. The predicted molar refractivity (Wildman–Crippen MR) is 96.4 cm³/mol. The third-order valence-electron chi connectivity index (χ3n) is 2.50. The smallest absolute Gasteiger partial charge is 0.191 e. The standard InChI is InChI=1S/C12H27N3O4S.HI/c1-11(5-10-20(4,16)17)15-12(13-2)14-6-7-19-9-8-18-3;/h11H,5-10H2,1-4H3,(H2,13,14,15);1H. The SMILES string of the molecule is CN=C(NCCOCCOC)NC(C)CCS(C)(=O)=O.I. The quantitative estimate of drug-likeness (QED) is 0.221. The van der Waals surface area contributed by atoms with Gasteiger partial charge in [-0.2, -0.15) is 0 Å². The van der Waals surface area contributed by atoms with Crippen molar-refractivity contribution in [3.63, 3.8) is 0 Å². The summed E-state index contributed by atoms with van der Waals surface area (Å²) in [6.45, 7) is 4.25. The first-order chi connectivity index (χ1) is 9.39. The Hall–Kier alpha value is -0.130. The van der Waals surface area contributed by atoms with Crippen LogP contribution in [-0.2, 0) is 19.3 Å². The summed E-state index contributed by atoms with van der Waals surface area (Å²) in [7, 11) is 0.378. The van der Waals surface area contributed by atoms with Crippen LogP contribution >= 0.6 is 24.0 Å². The zero-order valence-electron chi connectivity index (χ0n) is 13.2. The summed E-state index contributed by atoms with van der Waals surface area (Å²) >= 11 is 0. The molecular weight excluding hydrogens is 409 g/mol.